The monoisotopic (exact) mass is 523 g/mol. The normalized spacial score (nSPS) is 11.4. The van der Waals surface area contributed by atoms with Gasteiger partial charge in [0.15, 0.2) is 28.4 Å². The van der Waals surface area contributed by atoms with E-state index in [1.807, 2.05) is 25.1 Å². The molecule has 0 unspecified atom stereocenters. The molecule has 0 fully saturated rings. The van der Waals surface area contributed by atoms with Crippen LogP contribution in [-0.4, -0.2) is 39.5 Å². The summed E-state index contributed by atoms with van der Waals surface area (Å²) in [5, 5.41) is 11.2. The molecule has 37 heavy (non-hydrogen) atoms. The second-order valence-corrected chi connectivity index (χ2v) is 8.91. The number of aryl methyl sites for hydroxylation is 3. The first kappa shape index (κ1) is 27.4. The first-order valence-corrected chi connectivity index (χ1v) is 12.1. The molecule has 11 heteroatoms. The van der Waals surface area contributed by atoms with E-state index in [2.05, 4.69) is 44.5 Å². The van der Waals surface area contributed by atoms with Gasteiger partial charge in [-0.3, -0.25) is 19.9 Å². The van der Waals surface area contributed by atoms with E-state index in [-0.39, 0.29) is 34.9 Å². The van der Waals surface area contributed by atoms with Crippen LogP contribution in [0.5, 0.6) is 0 Å². The van der Waals surface area contributed by atoms with E-state index in [9.17, 15) is 9.59 Å². The Labute approximate surface area is 220 Å². The lowest BCUT2D eigenvalue weighted by molar-refractivity contribution is -0.136. The molecule has 1 amide bonds. The summed E-state index contributed by atoms with van der Waals surface area (Å²) in [4.78, 5) is 34.8. The van der Waals surface area contributed by atoms with E-state index in [1.165, 1.54) is 5.56 Å². The number of aromatic nitrogens is 2. The molecule has 0 spiro atoms. The lowest BCUT2D eigenvalue weighted by Gasteiger charge is -2.10. The van der Waals surface area contributed by atoms with Crippen molar-refractivity contribution in [1.82, 2.24) is 15.3 Å². The molecule has 8 N–H and O–H groups in total. The molecule has 0 saturated heterocycles. The van der Waals surface area contributed by atoms with Crippen molar-refractivity contribution in [3.05, 3.63) is 70.0 Å². The highest BCUT2D eigenvalue weighted by Gasteiger charge is 2.16. The lowest BCUT2D eigenvalue weighted by Crippen LogP contribution is -2.38. The molecule has 2 aromatic carbocycles. The number of carboxylic acid groups (broad SMARTS) is 1. The van der Waals surface area contributed by atoms with Crippen molar-refractivity contribution in [2.24, 2.45) is 10.7 Å². The van der Waals surface area contributed by atoms with E-state index >= 15 is 0 Å². The maximum Gasteiger partial charge on any atom is 0.303 e. The first-order valence-electron chi connectivity index (χ1n) is 11.7. The minimum absolute atomic E-state index is 0.0483. The molecule has 194 valence electrons. The van der Waals surface area contributed by atoms with E-state index < -0.39 is 11.9 Å². The van der Waals surface area contributed by atoms with Crippen LogP contribution in [0.4, 0.5) is 11.6 Å². The number of guanidine groups is 1. The van der Waals surface area contributed by atoms with Crippen LogP contribution in [0, 0.1) is 6.92 Å². The number of hydrogen-bond acceptors (Lipinski definition) is 7. The molecule has 3 rings (SSSR count). The van der Waals surface area contributed by atoms with E-state index in [4.69, 9.17) is 33.9 Å². The van der Waals surface area contributed by atoms with Gasteiger partial charge in [-0.1, -0.05) is 54.1 Å². The topological polar surface area (TPSA) is 183 Å². The standard InChI is InChI=1S/C26H30ClN7O3/c1-15-14-17(8-12-20(35)36)7-11-19(15)18-9-5-16(6-10-18)4-2-3-13-31-26(30)34-25(37)21-23(28)33-24(29)22(27)32-21/h5-7,9-11,14H,2-4,8,12-13H2,1H3,(H,35,36)(H4,28,29,33)(H3,30,31,34,37). The number of unbranched alkanes of at least 4 members (excludes halogenated alkanes) is 1. The van der Waals surface area contributed by atoms with Gasteiger partial charge < -0.3 is 22.3 Å². The molecule has 3 aromatic rings. The second-order valence-electron chi connectivity index (χ2n) is 8.55. The van der Waals surface area contributed by atoms with Gasteiger partial charge >= 0.3 is 5.97 Å². The number of aliphatic carboxylic acids is 1. The highest BCUT2D eigenvalue weighted by Crippen LogP contribution is 2.25. The van der Waals surface area contributed by atoms with Gasteiger partial charge in [-0.25, -0.2) is 9.97 Å². The molecule has 0 atom stereocenters. The maximum atomic E-state index is 12.3. The van der Waals surface area contributed by atoms with Crippen molar-refractivity contribution in [3.8, 4) is 11.1 Å². The van der Waals surface area contributed by atoms with Gasteiger partial charge in [0.1, 0.15) is 0 Å². The number of carbonyl (C=O) groups is 2. The lowest BCUT2D eigenvalue weighted by atomic mass is 9.95. The minimum atomic E-state index is -0.791. The molecule has 0 aliphatic carbocycles. The molecule has 10 nitrogen and oxygen atoms in total. The van der Waals surface area contributed by atoms with Crippen LogP contribution in [0.1, 0.15) is 46.4 Å². The van der Waals surface area contributed by atoms with Crippen LogP contribution in [-0.2, 0) is 17.6 Å². The smallest absolute Gasteiger partial charge is 0.303 e. The van der Waals surface area contributed by atoms with E-state index in [0.29, 0.717) is 13.0 Å². The van der Waals surface area contributed by atoms with E-state index in [1.54, 1.807) is 0 Å². The number of aliphatic imine (C=N–C) groups is 1. The van der Waals surface area contributed by atoms with Gasteiger partial charge in [-0.15, -0.1) is 0 Å². The molecule has 0 saturated carbocycles. The van der Waals surface area contributed by atoms with Crippen molar-refractivity contribution < 1.29 is 14.7 Å². The number of anilines is 2. The Kier molecular flexibility index (Phi) is 9.39. The number of carbonyl (C=O) groups excluding carboxylic acids is 1. The van der Waals surface area contributed by atoms with E-state index in [0.717, 1.165) is 41.5 Å². The third-order valence-corrected chi connectivity index (χ3v) is 5.98. The summed E-state index contributed by atoms with van der Waals surface area (Å²) in [6.45, 7) is 2.48. The molecule has 0 bridgehead atoms. The summed E-state index contributed by atoms with van der Waals surface area (Å²) in [6, 6.07) is 14.5. The van der Waals surface area contributed by atoms with Crippen molar-refractivity contribution >= 4 is 41.1 Å². The number of nitrogens with two attached hydrogens (primary N) is 3. The van der Waals surface area contributed by atoms with Crippen LogP contribution >= 0.6 is 11.6 Å². The number of carboxylic acids is 1. The largest absolute Gasteiger partial charge is 0.481 e. The molecule has 1 aromatic heterocycles. The van der Waals surface area contributed by atoms with Crippen LogP contribution in [0.25, 0.3) is 11.1 Å². The number of nitrogen functional groups attached to an aromatic ring is 2. The molecule has 1 heterocycles. The highest BCUT2D eigenvalue weighted by molar-refractivity contribution is 6.31. The Hall–Kier alpha value is -4.18. The molecular weight excluding hydrogens is 494 g/mol. The van der Waals surface area contributed by atoms with Gasteiger partial charge in [0.2, 0.25) is 0 Å². The predicted molar refractivity (Wildman–Crippen MR) is 145 cm³/mol. The molecular formula is C26H30ClN7O3. The molecule has 0 aliphatic heterocycles. The fourth-order valence-electron chi connectivity index (χ4n) is 3.77. The Bertz CT molecular complexity index is 1310. The number of halogens is 1. The van der Waals surface area contributed by atoms with Crippen LogP contribution in [0.3, 0.4) is 0 Å². The third kappa shape index (κ3) is 7.91. The fourth-order valence-corrected chi connectivity index (χ4v) is 3.90. The maximum absolute atomic E-state index is 12.3. The Morgan fingerprint density at radius 3 is 2.38 bits per heavy atom. The summed E-state index contributed by atoms with van der Waals surface area (Å²) in [7, 11) is 0. The summed E-state index contributed by atoms with van der Waals surface area (Å²) >= 11 is 5.79. The zero-order chi connectivity index (χ0) is 26.9. The third-order valence-electron chi connectivity index (χ3n) is 5.70. The van der Waals surface area contributed by atoms with Gasteiger partial charge in [-0.05, 0) is 60.4 Å². The fraction of sp³-hybridized carbons (Fsp3) is 0.269. The Balaban J connectivity index is 1.46. The average Bonchev–Trinajstić information content (AvgIpc) is 2.85. The summed E-state index contributed by atoms with van der Waals surface area (Å²) < 4.78 is 0. The first-order chi connectivity index (χ1) is 17.6. The van der Waals surface area contributed by atoms with Crippen molar-refractivity contribution in [3.63, 3.8) is 0 Å². The van der Waals surface area contributed by atoms with Gasteiger partial charge in [0, 0.05) is 13.0 Å². The average molecular weight is 524 g/mol. The molecule has 0 radical (unpaired) electrons. The van der Waals surface area contributed by atoms with Crippen molar-refractivity contribution in [1.29, 1.82) is 0 Å². The quantitative estimate of drug-likeness (QED) is 0.152. The summed E-state index contributed by atoms with van der Waals surface area (Å²) in [6.07, 6.45) is 3.21. The SMILES string of the molecule is Cc1cc(CCC(=O)O)ccc1-c1ccc(CCCCN=C(N)NC(=O)c2nc(Cl)c(N)nc2N)cc1. The van der Waals surface area contributed by atoms with Gasteiger partial charge in [0.25, 0.3) is 5.91 Å². The highest BCUT2D eigenvalue weighted by atomic mass is 35.5. The molecule has 0 aliphatic rings. The Morgan fingerprint density at radius 2 is 1.70 bits per heavy atom. The number of amides is 1. The predicted octanol–water partition coefficient (Wildman–Crippen LogP) is 3.35. The van der Waals surface area contributed by atoms with Crippen molar-refractivity contribution in [2.45, 2.75) is 39.0 Å². The number of benzene rings is 2. The van der Waals surface area contributed by atoms with Crippen LogP contribution in [0.15, 0.2) is 47.5 Å². The number of nitrogens with zero attached hydrogens (tertiary/aromatic N) is 3. The van der Waals surface area contributed by atoms with Gasteiger partial charge in [-0.2, -0.15) is 0 Å². The zero-order valence-electron chi connectivity index (χ0n) is 20.5. The van der Waals surface area contributed by atoms with Gasteiger partial charge in [0.05, 0.1) is 0 Å². The summed E-state index contributed by atoms with van der Waals surface area (Å²) in [5.74, 6) is -1.72. The zero-order valence-corrected chi connectivity index (χ0v) is 21.3. The number of rotatable bonds is 10. The Morgan fingerprint density at radius 1 is 1.00 bits per heavy atom. The number of hydrogen-bond donors (Lipinski definition) is 5. The number of nitrogens with one attached hydrogen (secondary N) is 1. The minimum Gasteiger partial charge on any atom is -0.481 e. The summed E-state index contributed by atoms with van der Waals surface area (Å²) in [5.41, 5.74) is 22.4. The second kappa shape index (κ2) is 12.7. The van der Waals surface area contributed by atoms with Crippen molar-refractivity contribution in [2.75, 3.05) is 18.0 Å². The van der Waals surface area contributed by atoms with Crippen LogP contribution < -0.4 is 22.5 Å². The van der Waals surface area contributed by atoms with Crippen LogP contribution in [0.2, 0.25) is 5.15 Å².